The first-order valence-electron chi connectivity index (χ1n) is 6.62. The molecule has 0 aliphatic heterocycles. The second-order valence-corrected chi connectivity index (χ2v) is 4.03. The van der Waals surface area contributed by atoms with Gasteiger partial charge < -0.3 is 19.3 Å². The lowest BCUT2D eigenvalue weighted by Gasteiger charge is -2.06. The third kappa shape index (κ3) is 11.6. The molecular weight excluding hydrogens is 284 g/mol. The molecule has 0 bridgehead atoms. The molecule has 0 aliphatic rings. The molecule has 1 N–H and O–H groups in total. The fourth-order valence-electron chi connectivity index (χ4n) is 1.20. The van der Waals surface area contributed by atoms with Gasteiger partial charge in [0.1, 0.15) is 13.2 Å². The number of ether oxygens (including phenoxy) is 3. The molecular formula is C13H20O8. The van der Waals surface area contributed by atoms with Crippen molar-refractivity contribution >= 4 is 23.7 Å². The van der Waals surface area contributed by atoms with Crippen molar-refractivity contribution in [3.63, 3.8) is 0 Å². The summed E-state index contributed by atoms with van der Waals surface area (Å²) in [7, 11) is 0. The van der Waals surface area contributed by atoms with Gasteiger partial charge in [-0.3, -0.25) is 14.4 Å². The molecule has 0 saturated heterocycles. The monoisotopic (exact) mass is 304 g/mol. The van der Waals surface area contributed by atoms with E-state index in [4.69, 9.17) is 19.3 Å². The summed E-state index contributed by atoms with van der Waals surface area (Å²) in [5, 5.41) is 8.31. The standard InChI is InChI=1S/C13H20O8/c1-2-3-11(15)20-8-6-19-7-9-21-12(16)5-4-10(14)13(17)18/h2-9H2,1H3,(H,17,18). The summed E-state index contributed by atoms with van der Waals surface area (Å²) in [6.07, 6.45) is 0.425. The second-order valence-electron chi connectivity index (χ2n) is 4.03. The van der Waals surface area contributed by atoms with Gasteiger partial charge in [0.25, 0.3) is 0 Å². The minimum atomic E-state index is -1.57. The van der Waals surface area contributed by atoms with E-state index in [1.54, 1.807) is 0 Å². The van der Waals surface area contributed by atoms with E-state index in [2.05, 4.69) is 0 Å². The Balaban J connectivity index is 3.42. The van der Waals surface area contributed by atoms with Crippen molar-refractivity contribution < 1.29 is 38.5 Å². The summed E-state index contributed by atoms with van der Waals surface area (Å²) in [6, 6.07) is 0. The molecule has 0 aromatic carbocycles. The van der Waals surface area contributed by atoms with Gasteiger partial charge in [-0.1, -0.05) is 6.92 Å². The van der Waals surface area contributed by atoms with Gasteiger partial charge in [-0.25, -0.2) is 4.79 Å². The van der Waals surface area contributed by atoms with Crippen LogP contribution in [0.2, 0.25) is 0 Å². The molecule has 0 aliphatic carbocycles. The van der Waals surface area contributed by atoms with Gasteiger partial charge >= 0.3 is 17.9 Å². The highest BCUT2D eigenvalue weighted by Crippen LogP contribution is 1.95. The first-order valence-corrected chi connectivity index (χ1v) is 6.62. The topological polar surface area (TPSA) is 116 Å². The molecule has 0 radical (unpaired) electrons. The Morgan fingerprint density at radius 1 is 0.810 bits per heavy atom. The van der Waals surface area contributed by atoms with E-state index >= 15 is 0 Å². The van der Waals surface area contributed by atoms with Crippen molar-refractivity contribution in [2.45, 2.75) is 32.6 Å². The molecule has 120 valence electrons. The number of aliphatic carboxylic acids is 1. The Hall–Kier alpha value is -1.96. The largest absolute Gasteiger partial charge is 0.476 e. The van der Waals surface area contributed by atoms with E-state index < -0.39 is 17.7 Å². The van der Waals surface area contributed by atoms with Crippen LogP contribution in [-0.4, -0.2) is 55.2 Å². The number of ketones is 1. The third-order valence-electron chi connectivity index (χ3n) is 2.23. The maximum atomic E-state index is 11.1. The van der Waals surface area contributed by atoms with E-state index in [1.807, 2.05) is 6.92 Å². The number of hydrogen-bond acceptors (Lipinski definition) is 7. The van der Waals surface area contributed by atoms with Crippen LogP contribution in [0.15, 0.2) is 0 Å². The van der Waals surface area contributed by atoms with Gasteiger partial charge in [-0.15, -0.1) is 0 Å². The van der Waals surface area contributed by atoms with Gasteiger partial charge in [0, 0.05) is 12.8 Å². The summed E-state index contributed by atoms with van der Waals surface area (Å²) in [6.45, 7) is 2.33. The van der Waals surface area contributed by atoms with Gasteiger partial charge in [-0.2, -0.15) is 0 Å². The van der Waals surface area contributed by atoms with Crippen LogP contribution in [-0.2, 0) is 33.4 Å². The van der Waals surface area contributed by atoms with Crippen LogP contribution >= 0.6 is 0 Å². The van der Waals surface area contributed by atoms with Crippen LogP contribution in [0.3, 0.4) is 0 Å². The van der Waals surface area contributed by atoms with Gasteiger partial charge in [-0.05, 0) is 6.42 Å². The molecule has 0 unspecified atom stereocenters. The molecule has 0 aromatic rings. The van der Waals surface area contributed by atoms with Crippen LogP contribution in [0.1, 0.15) is 32.6 Å². The summed E-state index contributed by atoms with van der Waals surface area (Å²) >= 11 is 0. The highest BCUT2D eigenvalue weighted by atomic mass is 16.6. The third-order valence-corrected chi connectivity index (χ3v) is 2.23. The minimum Gasteiger partial charge on any atom is -0.476 e. The highest BCUT2D eigenvalue weighted by molar-refractivity contribution is 6.32. The zero-order valence-corrected chi connectivity index (χ0v) is 12.0. The van der Waals surface area contributed by atoms with Crippen molar-refractivity contribution in [2.75, 3.05) is 26.4 Å². The fourth-order valence-corrected chi connectivity index (χ4v) is 1.20. The van der Waals surface area contributed by atoms with Crippen LogP contribution in [0.25, 0.3) is 0 Å². The molecule has 0 aromatic heterocycles. The number of carboxylic acid groups (broad SMARTS) is 1. The number of carbonyl (C=O) groups is 4. The van der Waals surface area contributed by atoms with Crippen molar-refractivity contribution in [3.8, 4) is 0 Å². The van der Waals surface area contributed by atoms with Gasteiger partial charge in [0.15, 0.2) is 0 Å². The Morgan fingerprint density at radius 3 is 1.81 bits per heavy atom. The SMILES string of the molecule is CCCC(=O)OCCOCCOC(=O)CCC(=O)C(=O)O. The molecule has 21 heavy (non-hydrogen) atoms. The van der Waals surface area contributed by atoms with Crippen molar-refractivity contribution in [1.82, 2.24) is 0 Å². The van der Waals surface area contributed by atoms with Crippen LogP contribution in [0.4, 0.5) is 0 Å². The number of carbonyl (C=O) groups excluding carboxylic acids is 3. The molecule has 0 heterocycles. The lowest BCUT2D eigenvalue weighted by molar-refractivity contribution is -0.151. The van der Waals surface area contributed by atoms with E-state index in [1.165, 1.54) is 0 Å². The average molecular weight is 304 g/mol. The van der Waals surface area contributed by atoms with E-state index in [9.17, 15) is 19.2 Å². The quantitative estimate of drug-likeness (QED) is 0.311. The van der Waals surface area contributed by atoms with Crippen LogP contribution in [0, 0.1) is 0 Å². The summed E-state index contributed by atoms with van der Waals surface area (Å²) in [4.78, 5) is 43.0. The smallest absolute Gasteiger partial charge is 0.372 e. The lowest BCUT2D eigenvalue weighted by Crippen LogP contribution is -2.17. The lowest BCUT2D eigenvalue weighted by atomic mass is 10.2. The van der Waals surface area contributed by atoms with E-state index in [0.717, 1.165) is 6.42 Å². The van der Waals surface area contributed by atoms with Crippen LogP contribution < -0.4 is 0 Å². The zero-order chi connectivity index (χ0) is 16.1. The van der Waals surface area contributed by atoms with E-state index in [0.29, 0.717) is 6.42 Å². The fraction of sp³-hybridized carbons (Fsp3) is 0.692. The second kappa shape index (κ2) is 11.8. The maximum absolute atomic E-state index is 11.1. The Morgan fingerprint density at radius 2 is 1.33 bits per heavy atom. The molecule has 0 amide bonds. The first-order chi connectivity index (χ1) is 9.97. The zero-order valence-electron chi connectivity index (χ0n) is 12.0. The Labute approximate surface area is 122 Å². The maximum Gasteiger partial charge on any atom is 0.372 e. The highest BCUT2D eigenvalue weighted by Gasteiger charge is 2.14. The van der Waals surface area contributed by atoms with Crippen molar-refractivity contribution in [2.24, 2.45) is 0 Å². The summed E-state index contributed by atoms with van der Waals surface area (Å²) in [5.41, 5.74) is 0. The molecule has 0 fully saturated rings. The number of hydrogen-bond donors (Lipinski definition) is 1. The van der Waals surface area contributed by atoms with Gasteiger partial charge in [0.05, 0.1) is 19.6 Å². The molecule has 8 nitrogen and oxygen atoms in total. The summed E-state index contributed by atoms with van der Waals surface area (Å²) in [5.74, 6) is -3.54. The van der Waals surface area contributed by atoms with Crippen LogP contribution in [0.5, 0.6) is 0 Å². The number of rotatable bonds is 12. The first kappa shape index (κ1) is 19.0. The normalized spacial score (nSPS) is 9.95. The van der Waals surface area contributed by atoms with Crippen molar-refractivity contribution in [1.29, 1.82) is 0 Å². The minimum absolute atomic E-state index is 0.0109. The van der Waals surface area contributed by atoms with Gasteiger partial charge in [0.2, 0.25) is 5.78 Å². The predicted octanol–water partition coefficient (Wildman–Crippen LogP) is 0.323. The van der Waals surface area contributed by atoms with E-state index in [-0.39, 0.29) is 45.2 Å². The Kier molecular flexibility index (Phi) is 10.7. The molecule has 0 saturated carbocycles. The average Bonchev–Trinajstić information content (AvgIpc) is 2.43. The van der Waals surface area contributed by atoms with Crippen molar-refractivity contribution in [3.05, 3.63) is 0 Å². The molecule has 8 heteroatoms. The number of carboxylic acids is 1. The summed E-state index contributed by atoms with van der Waals surface area (Å²) < 4.78 is 14.6. The number of Topliss-reactive ketones (excluding diaryl/α,β-unsaturated/α-hetero) is 1. The molecule has 0 rings (SSSR count). The molecule has 0 atom stereocenters. The number of esters is 2. The predicted molar refractivity (Wildman–Crippen MR) is 69.5 cm³/mol. The Bertz CT molecular complexity index is 363. The molecule has 0 spiro atoms.